The number of rotatable bonds is 1. The number of hydrogen-bond donors (Lipinski definition) is 0. The zero-order valence-electron chi connectivity index (χ0n) is 13.0. The molecule has 0 amide bonds. The lowest BCUT2D eigenvalue weighted by Gasteiger charge is -2.37. The quantitative estimate of drug-likeness (QED) is 0.450. The van der Waals surface area contributed by atoms with Gasteiger partial charge in [-0.3, -0.25) is 4.90 Å². The monoisotopic (exact) mass is 350 g/mol. The second-order valence-corrected chi connectivity index (χ2v) is 8.29. The summed E-state index contributed by atoms with van der Waals surface area (Å²) in [5, 5.41) is 0. The van der Waals surface area contributed by atoms with Gasteiger partial charge in [-0.15, -0.1) is 0 Å². The van der Waals surface area contributed by atoms with Gasteiger partial charge in [0.25, 0.3) is 0 Å². The number of para-hydroxylation sites is 1. The Morgan fingerprint density at radius 2 is 1.96 bits per heavy atom. The van der Waals surface area contributed by atoms with Crippen molar-refractivity contribution >= 4 is 40.1 Å². The first kappa shape index (κ1) is 14.4. The third kappa shape index (κ3) is 1.89. The maximum atomic E-state index is 13.1. The summed E-state index contributed by atoms with van der Waals surface area (Å²) in [7, 11) is 0. The molecule has 0 aliphatic carbocycles. The van der Waals surface area contributed by atoms with E-state index in [9.17, 15) is 4.55 Å². The summed E-state index contributed by atoms with van der Waals surface area (Å²) in [6.45, 7) is 2.14. The molecule has 3 aromatic rings. The lowest BCUT2D eigenvalue weighted by Crippen LogP contribution is -2.25. The minimum atomic E-state index is -1.16. The van der Waals surface area contributed by atoms with Crippen molar-refractivity contribution < 1.29 is 4.55 Å². The van der Waals surface area contributed by atoms with Gasteiger partial charge in [0.15, 0.2) is 15.6 Å². The number of anilines is 3. The number of nitrogens with zero attached hydrogens (tertiary/aromatic N) is 2. The van der Waals surface area contributed by atoms with Crippen LogP contribution in [0.15, 0.2) is 74.3 Å². The highest BCUT2D eigenvalue weighted by atomic mass is 32.2. The first-order chi connectivity index (χ1) is 11.8. The lowest BCUT2D eigenvalue weighted by molar-refractivity contribution is 0.593. The van der Waals surface area contributed by atoms with Crippen LogP contribution in [0.4, 0.5) is 17.2 Å². The van der Waals surface area contributed by atoms with E-state index in [1.54, 1.807) is 11.8 Å². The Kier molecular flexibility index (Phi) is 3.16. The van der Waals surface area contributed by atoms with Gasteiger partial charge in [0.05, 0.1) is 4.90 Å². The average Bonchev–Trinajstić information content (AvgIpc) is 2.64. The molecule has 3 nitrogen and oxygen atoms in total. The summed E-state index contributed by atoms with van der Waals surface area (Å²) < 4.78 is 13.1. The van der Waals surface area contributed by atoms with E-state index >= 15 is 0 Å². The van der Waals surface area contributed by atoms with Gasteiger partial charge >= 0.3 is 0 Å². The summed E-state index contributed by atoms with van der Waals surface area (Å²) in [6, 6.07) is 16.3. The van der Waals surface area contributed by atoms with E-state index < -0.39 is 11.2 Å². The second-order valence-electron chi connectivity index (χ2n) is 5.79. The molecule has 0 bridgehead atoms. The minimum absolute atomic E-state index is 0.861. The molecule has 2 aromatic carbocycles. The van der Waals surface area contributed by atoms with Crippen molar-refractivity contribution in [1.82, 2.24) is 4.98 Å². The van der Waals surface area contributed by atoms with Gasteiger partial charge in [-0.05, 0) is 48.4 Å². The van der Waals surface area contributed by atoms with Crippen LogP contribution >= 0.6 is 11.8 Å². The molecule has 0 radical (unpaired) electrons. The Hall–Kier alpha value is -1.95. The van der Waals surface area contributed by atoms with E-state index in [0.29, 0.717) is 0 Å². The highest BCUT2D eigenvalue weighted by Crippen LogP contribution is 2.57. The summed E-state index contributed by atoms with van der Waals surface area (Å²) in [4.78, 5) is 10.8. The van der Waals surface area contributed by atoms with Crippen molar-refractivity contribution in [2.45, 2.75) is 32.9 Å². The van der Waals surface area contributed by atoms with E-state index in [-0.39, 0.29) is 0 Å². The van der Waals surface area contributed by atoms with Gasteiger partial charge < -0.3 is 4.55 Å². The highest BCUT2D eigenvalue weighted by Gasteiger charge is 2.40. The smallest absolute Gasteiger partial charge is 0.183 e. The maximum Gasteiger partial charge on any atom is 0.183 e. The van der Waals surface area contributed by atoms with Gasteiger partial charge in [-0.2, -0.15) is 0 Å². The molecule has 0 fully saturated rings. The normalized spacial score (nSPS) is 17.1. The van der Waals surface area contributed by atoms with Crippen LogP contribution in [0, 0.1) is 0 Å². The molecule has 0 N–H and O–H groups in total. The van der Waals surface area contributed by atoms with E-state index in [0.717, 1.165) is 43.2 Å². The molecule has 0 spiro atoms. The molecule has 0 saturated carbocycles. The predicted molar refractivity (Wildman–Crippen MR) is 97.1 cm³/mol. The number of pyridine rings is 1. The van der Waals surface area contributed by atoms with Gasteiger partial charge in [0.1, 0.15) is 11.4 Å². The zero-order chi connectivity index (χ0) is 16.3. The van der Waals surface area contributed by atoms with Crippen molar-refractivity contribution in [3.63, 3.8) is 0 Å². The lowest BCUT2D eigenvalue weighted by atomic mass is 10.1. The summed E-state index contributed by atoms with van der Waals surface area (Å²) in [6.07, 6.45) is 2.77. The molecule has 5 rings (SSSR count). The van der Waals surface area contributed by atoms with Crippen molar-refractivity contribution in [2.24, 2.45) is 0 Å². The van der Waals surface area contributed by atoms with Crippen LogP contribution in [0.1, 0.15) is 12.5 Å². The summed E-state index contributed by atoms with van der Waals surface area (Å²) >= 11 is 0.539. The van der Waals surface area contributed by atoms with Crippen LogP contribution < -0.4 is 4.90 Å². The van der Waals surface area contributed by atoms with Crippen LogP contribution in [0.2, 0.25) is 0 Å². The third-order valence-corrected chi connectivity index (χ3v) is 7.00. The molecule has 118 valence electrons. The van der Waals surface area contributed by atoms with Gasteiger partial charge in [0.2, 0.25) is 0 Å². The predicted octanol–water partition coefficient (Wildman–Crippen LogP) is 5.06. The first-order valence-electron chi connectivity index (χ1n) is 7.88. The van der Waals surface area contributed by atoms with E-state index in [4.69, 9.17) is 0 Å². The largest absolute Gasteiger partial charge is 0.606 e. The molecule has 5 heteroatoms. The van der Waals surface area contributed by atoms with Crippen LogP contribution in [-0.2, 0) is 17.6 Å². The zero-order valence-corrected chi connectivity index (χ0v) is 14.7. The van der Waals surface area contributed by atoms with E-state index in [2.05, 4.69) is 41.1 Å². The molecule has 1 atom stereocenters. The Morgan fingerprint density at radius 1 is 1.08 bits per heavy atom. The van der Waals surface area contributed by atoms with Gasteiger partial charge in [0, 0.05) is 22.3 Å². The van der Waals surface area contributed by atoms with Crippen LogP contribution in [-0.4, -0.2) is 9.54 Å². The number of benzene rings is 2. The standard InChI is InChI=1S/C19H14N2OS2/c1-2-12-8-9-16-13(11-12)21-18-14(5-3-7-17(18)24(16)22)23-15-6-4-10-20-19(15)21/h3-11H,2H2,1H3. The molecule has 0 saturated heterocycles. The molecule has 24 heavy (non-hydrogen) atoms. The summed E-state index contributed by atoms with van der Waals surface area (Å²) in [5.74, 6) is 0.925. The van der Waals surface area contributed by atoms with Crippen molar-refractivity contribution in [1.29, 1.82) is 0 Å². The Morgan fingerprint density at radius 3 is 2.83 bits per heavy atom. The molecular formula is C19H14N2OS2. The second kappa shape index (κ2) is 5.28. The van der Waals surface area contributed by atoms with Crippen LogP contribution in [0.5, 0.6) is 0 Å². The fourth-order valence-electron chi connectivity index (χ4n) is 3.28. The molecule has 1 aromatic heterocycles. The summed E-state index contributed by atoms with van der Waals surface area (Å²) in [5.41, 5.74) is 3.25. The third-order valence-electron chi connectivity index (χ3n) is 4.44. The topological polar surface area (TPSA) is 39.2 Å². The van der Waals surface area contributed by atoms with Crippen molar-refractivity contribution in [2.75, 3.05) is 4.90 Å². The minimum Gasteiger partial charge on any atom is -0.606 e. The SMILES string of the molecule is CCc1ccc2c(c1)N1c3ncccc3Sc3cccc(c31)[S+]2[O-]. The molecular weight excluding hydrogens is 336 g/mol. The average molecular weight is 350 g/mol. The number of hydrogen-bond acceptors (Lipinski definition) is 4. The maximum absolute atomic E-state index is 13.1. The highest BCUT2D eigenvalue weighted by molar-refractivity contribution is 8.00. The molecule has 2 aliphatic heterocycles. The molecule has 1 unspecified atom stereocenters. The Bertz CT molecular complexity index is 973. The molecule has 3 heterocycles. The van der Waals surface area contributed by atoms with Crippen LogP contribution in [0.3, 0.4) is 0 Å². The van der Waals surface area contributed by atoms with Crippen LogP contribution in [0.25, 0.3) is 0 Å². The number of aromatic nitrogens is 1. The van der Waals surface area contributed by atoms with Gasteiger partial charge in [-0.1, -0.05) is 30.8 Å². The fourth-order valence-corrected chi connectivity index (χ4v) is 5.75. The van der Waals surface area contributed by atoms with E-state index in [1.165, 1.54) is 5.56 Å². The van der Waals surface area contributed by atoms with Gasteiger partial charge in [-0.25, -0.2) is 4.98 Å². The number of aryl methyl sites for hydroxylation is 1. The number of fused-ring (bicyclic) bond motifs is 4. The van der Waals surface area contributed by atoms with Crippen molar-refractivity contribution in [3.05, 3.63) is 60.3 Å². The Labute approximate surface area is 147 Å². The first-order valence-corrected chi connectivity index (χ1v) is 9.85. The van der Waals surface area contributed by atoms with Crippen molar-refractivity contribution in [3.8, 4) is 0 Å². The Balaban J connectivity index is 1.86. The molecule has 2 aliphatic rings. The van der Waals surface area contributed by atoms with E-state index in [1.807, 2.05) is 30.5 Å². The fraction of sp³-hybridized carbons (Fsp3) is 0.105.